The summed E-state index contributed by atoms with van der Waals surface area (Å²) < 4.78 is 0.996. The lowest BCUT2D eigenvalue weighted by atomic mass is 10.1. The molecule has 0 radical (unpaired) electrons. The fourth-order valence-corrected chi connectivity index (χ4v) is 2.00. The molecule has 0 saturated carbocycles. The van der Waals surface area contributed by atoms with E-state index in [0.717, 1.165) is 10.0 Å². The van der Waals surface area contributed by atoms with Crippen LogP contribution in [0.2, 0.25) is 0 Å². The number of amides is 1. The predicted octanol–water partition coefficient (Wildman–Crippen LogP) is 2.63. The summed E-state index contributed by atoms with van der Waals surface area (Å²) in [6.07, 6.45) is 3.50. The van der Waals surface area contributed by atoms with Crippen LogP contribution in [-0.4, -0.2) is 17.9 Å². The van der Waals surface area contributed by atoms with Gasteiger partial charge >= 0.3 is 0 Å². The monoisotopic (exact) mass is 319 g/mol. The zero-order valence-electron chi connectivity index (χ0n) is 10.5. The molecule has 1 aromatic carbocycles. The minimum Gasteiger partial charge on any atom is -0.396 e. The largest absolute Gasteiger partial charge is 0.396 e. The molecule has 0 aliphatic carbocycles. The summed E-state index contributed by atoms with van der Waals surface area (Å²) in [5.74, 6) is -0.0137. The Balaban J connectivity index is 2.12. The van der Waals surface area contributed by atoms with Gasteiger partial charge in [-0.1, -0.05) is 28.1 Å². The number of hydrogen-bond acceptors (Lipinski definition) is 3. The Hall–Kier alpha value is -1.88. The van der Waals surface area contributed by atoms with Gasteiger partial charge in [0.25, 0.3) is 0 Å². The molecule has 0 aliphatic heterocycles. The number of anilines is 2. The minimum absolute atomic E-state index is 0.0137. The average Bonchev–Trinajstić information content (AvgIpc) is 2.41. The number of nitrogen functional groups attached to an aromatic ring is 1. The Labute approximate surface area is 120 Å². The van der Waals surface area contributed by atoms with E-state index in [9.17, 15) is 4.79 Å². The normalized spacial score (nSPS) is 10.2. The van der Waals surface area contributed by atoms with E-state index in [-0.39, 0.29) is 5.91 Å². The number of likely N-dealkylation sites (N-methyl/N-ethyl adjacent to an activating group) is 1. The number of aromatic nitrogens is 1. The summed E-state index contributed by atoms with van der Waals surface area (Å²) in [6.45, 7) is 0. The first-order valence-electron chi connectivity index (χ1n) is 5.78. The Morgan fingerprint density at radius 1 is 1.32 bits per heavy atom. The maximum atomic E-state index is 12.2. The second-order valence-corrected chi connectivity index (χ2v) is 5.11. The minimum atomic E-state index is -0.0137. The smallest absolute Gasteiger partial charge is 0.231 e. The maximum Gasteiger partial charge on any atom is 0.231 e. The molecular weight excluding hydrogens is 306 g/mol. The number of nitrogens with zero attached hydrogens (tertiary/aromatic N) is 2. The lowest BCUT2D eigenvalue weighted by molar-refractivity contribution is -0.117. The molecule has 0 spiro atoms. The van der Waals surface area contributed by atoms with E-state index in [4.69, 9.17) is 5.73 Å². The summed E-state index contributed by atoms with van der Waals surface area (Å²) >= 11 is 3.37. The molecule has 2 N–H and O–H groups in total. The zero-order chi connectivity index (χ0) is 13.8. The van der Waals surface area contributed by atoms with Gasteiger partial charge in [0, 0.05) is 17.7 Å². The number of benzene rings is 1. The van der Waals surface area contributed by atoms with Gasteiger partial charge < -0.3 is 10.6 Å². The molecule has 2 rings (SSSR count). The van der Waals surface area contributed by atoms with Gasteiger partial charge in [0.05, 0.1) is 24.0 Å². The first kappa shape index (κ1) is 13.5. The van der Waals surface area contributed by atoms with Gasteiger partial charge in [-0.15, -0.1) is 0 Å². The van der Waals surface area contributed by atoms with Crippen molar-refractivity contribution in [3.05, 3.63) is 52.8 Å². The second-order valence-electron chi connectivity index (χ2n) is 4.19. The van der Waals surface area contributed by atoms with E-state index < -0.39 is 0 Å². The molecule has 4 nitrogen and oxygen atoms in total. The SMILES string of the molecule is CN(C(=O)Cc1ccc(Br)cc1)c1ccncc1N. The van der Waals surface area contributed by atoms with E-state index in [1.54, 1.807) is 30.4 Å². The molecule has 5 heteroatoms. The lowest BCUT2D eigenvalue weighted by Crippen LogP contribution is -2.28. The van der Waals surface area contributed by atoms with Gasteiger partial charge in [-0.25, -0.2) is 0 Å². The zero-order valence-corrected chi connectivity index (χ0v) is 12.1. The Morgan fingerprint density at radius 2 is 2.00 bits per heavy atom. The Kier molecular flexibility index (Phi) is 4.16. The van der Waals surface area contributed by atoms with Crippen molar-refractivity contribution in [3.8, 4) is 0 Å². The molecule has 0 aliphatic rings. The van der Waals surface area contributed by atoms with Crippen LogP contribution in [0.5, 0.6) is 0 Å². The summed E-state index contributed by atoms with van der Waals surface area (Å²) in [6, 6.07) is 9.42. The standard InChI is InChI=1S/C14H14BrN3O/c1-18(13-6-7-17-9-12(13)16)14(19)8-10-2-4-11(15)5-3-10/h2-7,9H,8,16H2,1H3. The molecule has 1 amide bonds. The van der Waals surface area contributed by atoms with Gasteiger partial charge in [-0.05, 0) is 23.8 Å². The van der Waals surface area contributed by atoms with E-state index in [0.29, 0.717) is 17.8 Å². The molecule has 0 atom stereocenters. The van der Waals surface area contributed by atoms with Crippen LogP contribution in [0.25, 0.3) is 0 Å². The number of carbonyl (C=O) groups excluding carboxylic acids is 1. The molecule has 0 fully saturated rings. The van der Waals surface area contributed by atoms with Gasteiger partial charge in [0.2, 0.25) is 5.91 Å². The highest BCUT2D eigenvalue weighted by Crippen LogP contribution is 2.21. The molecule has 2 aromatic rings. The number of pyridine rings is 1. The van der Waals surface area contributed by atoms with Crippen molar-refractivity contribution in [1.82, 2.24) is 4.98 Å². The molecule has 1 heterocycles. The molecule has 19 heavy (non-hydrogen) atoms. The van der Waals surface area contributed by atoms with Crippen molar-refractivity contribution < 1.29 is 4.79 Å². The van der Waals surface area contributed by atoms with Crippen LogP contribution in [0.1, 0.15) is 5.56 Å². The fraction of sp³-hybridized carbons (Fsp3) is 0.143. The van der Waals surface area contributed by atoms with Crippen molar-refractivity contribution in [2.24, 2.45) is 0 Å². The third-order valence-corrected chi connectivity index (χ3v) is 3.36. The van der Waals surface area contributed by atoms with Gasteiger partial charge in [0.15, 0.2) is 0 Å². The van der Waals surface area contributed by atoms with Crippen molar-refractivity contribution in [1.29, 1.82) is 0 Å². The lowest BCUT2D eigenvalue weighted by Gasteiger charge is -2.18. The van der Waals surface area contributed by atoms with Gasteiger partial charge in [-0.2, -0.15) is 0 Å². The van der Waals surface area contributed by atoms with Crippen molar-refractivity contribution >= 4 is 33.2 Å². The van der Waals surface area contributed by atoms with Crippen LogP contribution in [0.3, 0.4) is 0 Å². The van der Waals surface area contributed by atoms with Crippen LogP contribution >= 0.6 is 15.9 Å². The highest BCUT2D eigenvalue weighted by Gasteiger charge is 2.13. The number of hydrogen-bond donors (Lipinski definition) is 1. The summed E-state index contributed by atoms with van der Waals surface area (Å²) in [5, 5.41) is 0. The van der Waals surface area contributed by atoms with Gasteiger partial charge in [-0.3, -0.25) is 9.78 Å². The van der Waals surface area contributed by atoms with Crippen molar-refractivity contribution in [3.63, 3.8) is 0 Å². The van der Waals surface area contributed by atoms with Crippen LogP contribution in [0.4, 0.5) is 11.4 Å². The summed E-state index contributed by atoms with van der Waals surface area (Å²) in [4.78, 5) is 17.7. The molecule has 1 aromatic heterocycles. The van der Waals surface area contributed by atoms with E-state index >= 15 is 0 Å². The predicted molar refractivity (Wildman–Crippen MR) is 79.9 cm³/mol. The first-order valence-corrected chi connectivity index (χ1v) is 6.57. The van der Waals surface area contributed by atoms with Crippen LogP contribution in [0, 0.1) is 0 Å². The molecule has 0 bridgehead atoms. The first-order chi connectivity index (χ1) is 9.08. The van der Waals surface area contributed by atoms with E-state index in [1.807, 2.05) is 24.3 Å². The number of nitrogens with two attached hydrogens (primary N) is 1. The number of halogens is 1. The Morgan fingerprint density at radius 3 is 2.63 bits per heavy atom. The van der Waals surface area contributed by atoms with Crippen molar-refractivity contribution in [2.45, 2.75) is 6.42 Å². The molecule has 0 saturated heterocycles. The molecule has 0 unspecified atom stereocenters. The maximum absolute atomic E-state index is 12.2. The topological polar surface area (TPSA) is 59.2 Å². The van der Waals surface area contributed by atoms with Crippen LogP contribution < -0.4 is 10.6 Å². The van der Waals surface area contributed by atoms with E-state index in [1.165, 1.54) is 0 Å². The highest BCUT2D eigenvalue weighted by molar-refractivity contribution is 9.10. The van der Waals surface area contributed by atoms with Crippen LogP contribution in [-0.2, 0) is 11.2 Å². The average molecular weight is 320 g/mol. The quantitative estimate of drug-likeness (QED) is 0.946. The molecule has 98 valence electrons. The Bertz CT molecular complexity index is 583. The third kappa shape index (κ3) is 3.32. The van der Waals surface area contributed by atoms with Crippen molar-refractivity contribution in [2.75, 3.05) is 17.7 Å². The summed E-state index contributed by atoms with van der Waals surface area (Å²) in [5.41, 5.74) is 7.95. The third-order valence-electron chi connectivity index (χ3n) is 2.83. The highest BCUT2D eigenvalue weighted by atomic mass is 79.9. The summed E-state index contributed by atoms with van der Waals surface area (Å²) in [7, 11) is 1.72. The van der Waals surface area contributed by atoms with Crippen LogP contribution in [0.15, 0.2) is 47.2 Å². The van der Waals surface area contributed by atoms with E-state index in [2.05, 4.69) is 20.9 Å². The number of carbonyl (C=O) groups is 1. The number of rotatable bonds is 3. The van der Waals surface area contributed by atoms with Gasteiger partial charge in [0.1, 0.15) is 0 Å². The second kappa shape index (κ2) is 5.84. The fourth-order valence-electron chi connectivity index (χ4n) is 1.73. The molecular formula is C14H14BrN3O.